The maximum atomic E-state index is 13.4. The first-order valence-electron chi connectivity index (χ1n) is 4.57. The quantitative estimate of drug-likeness (QED) is 0.622. The van der Waals surface area contributed by atoms with Crippen LogP contribution in [-0.4, -0.2) is 24.4 Å². The number of carbonyl (C=O) groups excluding carboxylic acids is 1. The number of methoxy groups -OCH3 is 1. The third-order valence-corrected chi connectivity index (χ3v) is 1.87. The van der Waals surface area contributed by atoms with Gasteiger partial charge in [-0.3, -0.25) is 0 Å². The molecule has 4 nitrogen and oxygen atoms in total. The summed E-state index contributed by atoms with van der Waals surface area (Å²) in [5.74, 6) is -5.95. The molecule has 11 heteroatoms. The largest absolute Gasteiger partial charge is 0.573 e. The van der Waals surface area contributed by atoms with Gasteiger partial charge in [-0.1, -0.05) is 0 Å². The highest BCUT2D eigenvalue weighted by Gasteiger charge is 2.42. The van der Waals surface area contributed by atoms with Crippen molar-refractivity contribution in [2.75, 3.05) is 7.11 Å². The molecule has 0 amide bonds. The van der Waals surface area contributed by atoms with Crippen LogP contribution in [-0.2, 0) is 10.9 Å². The van der Waals surface area contributed by atoms with Crippen molar-refractivity contribution in [3.05, 3.63) is 23.3 Å². The van der Waals surface area contributed by atoms with Gasteiger partial charge in [-0.05, 0) is 0 Å². The number of ether oxygens (including phenoxy) is 2. The Morgan fingerprint density at radius 3 is 2.15 bits per heavy atom. The molecule has 1 heterocycles. The highest BCUT2D eigenvalue weighted by atomic mass is 19.4. The molecule has 0 saturated carbocycles. The highest BCUT2D eigenvalue weighted by molar-refractivity contribution is 5.92. The Kier molecular flexibility index (Phi) is 4.10. The van der Waals surface area contributed by atoms with Crippen molar-refractivity contribution >= 4 is 5.97 Å². The van der Waals surface area contributed by atoms with Crippen molar-refractivity contribution in [3.8, 4) is 5.75 Å². The molecule has 20 heavy (non-hydrogen) atoms. The fourth-order valence-corrected chi connectivity index (χ4v) is 1.14. The average molecular weight is 307 g/mol. The molecule has 0 aliphatic rings. The lowest BCUT2D eigenvalue weighted by atomic mass is 10.2. The molecule has 0 aromatic carbocycles. The monoisotopic (exact) mass is 307 g/mol. The number of halogens is 7. The van der Waals surface area contributed by atoms with Crippen molar-refractivity contribution in [1.29, 1.82) is 0 Å². The van der Waals surface area contributed by atoms with E-state index in [1.54, 1.807) is 0 Å². The van der Waals surface area contributed by atoms with Crippen LogP contribution < -0.4 is 4.74 Å². The van der Waals surface area contributed by atoms with E-state index < -0.39 is 41.3 Å². The van der Waals surface area contributed by atoms with E-state index in [1.165, 1.54) is 0 Å². The maximum absolute atomic E-state index is 13.4. The van der Waals surface area contributed by atoms with E-state index in [0.29, 0.717) is 0 Å². The molecule has 1 rings (SSSR count). The van der Waals surface area contributed by atoms with Crippen LogP contribution in [0.3, 0.4) is 0 Å². The molecule has 0 spiro atoms. The van der Waals surface area contributed by atoms with Gasteiger partial charge in [0.1, 0.15) is 5.56 Å². The van der Waals surface area contributed by atoms with Gasteiger partial charge in [0, 0.05) is 6.20 Å². The summed E-state index contributed by atoms with van der Waals surface area (Å²) < 4.78 is 93.7. The van der Waals surface area contributed by atoms with E-state index >= 15 is 0 Å². The molecule has 0 bridgehead atoms. The van der Waals surface area contributed by atoms with Crippen molar-refractivity contribution in [2.45, 2.75) is 12.5 Å². The van der Waals surface area contributed by atoms with Gasteiger partial charge in [-0.2, -0.15) is 13.2 Å². The lowest BCUT2D eigenvalue weighted by Gasteiger charge is -2.15. The van der Waals surface area contributed by atoms with Crippen LogP contribution >= 0.6 is 0 Å². The van der Waals surface area contributed by atoms with Crippen LogP contribution in [0.2, 0.25) is 0 Å². The Morgan fingerprint density at radius 2 is 1.75 bits per heavy atom. The molecular weight excluding hydrogens is 303 g/mol. The zero-order valence-corrected chi connectivity index (χ0v) is 9.40. The second kappa shape index (κ2) is 5.13. The lowest BCUT2D eigenvalue weighted by Crippen LogP contribution is -2.23. The minimum absolute atomic E-state index is 0.0822. The van der Waals surface area contributed by atoms with E-state index in [9.17, 15) is 35.5 Å². The Hall–Kier alpha value is -2.07. The molecular formula is C9H4F7NO3. The van der Waals surface area contributed by atoms with Gasteiger partial charge in [0.2, 0.25) is 0 Å². The number of rotatable bonds is 2. The lowest BCUT2D eigenvalue weighted by molar-refractivity contribution is -0.276. The SMILES string of the molecule is COC(=O)c1cnc(C(F)(F)F)c(F)c1OC(F)(F)F. The minimum atomic E-state index is -5.51. The predicted molar refractivity (Wildman–Crippen MR) is 47.2 cm³/mol. The van der Waals surface area contributed by atoms with Gasteiger partial charge in [0.25, 0.3) is 0 Å². The van der Waals surface area contributed by atoms with Crippen LogP contribution in [0.15, 0.2) is 6.20 Å². The van der Waals surface area contributed by atoms with Gasteiger partial charge < -0.3 is 9.47 Å². The van der Waals surface area contributed by atoms with Crippen molar-refractivity contribution in [2.24, 2.45) is 0 Å². The first kappa shape index (κ1) is 16.0. The minimum Gasteiger partial charge on any atom is -0.465 e. The van der Waals surface area contributed by atoms with Crippen molar-refractivity contribution < 1.29 is 45.0 Å². The normalized spacial score (nSPS) is 12.2. The summed E-state index contributed by atoms with van der Waals surface area (Å²) in [4.78, 5) is 13.6. The zero-order chi connectivity index (χ0) is 15.7. The molecule has 0 atom stereocenters. The van der Waals surface area contributed by atoms with E-state index in [0.717, 1.165) is 7.11 Å². The van der Waals surface area contributed by atoms with Crippen LogP contribution in [0.5, 0.6) is 5.75 Å². The van der Waals surface area contributed by atoms with Gasteiger partial charge in [0.15, 0.2) is 17.3 Å². The Morgan fingerprint density at radius 1 is 1.20 bits per heavy atom. The summed E-state index contributed by atoms with van der Waals surface area (Å²) >= 11 is 0. The molecule has 0 fully saturated rings. The fraction of sp³-hybridized carbons (Fsp3) is 0.333. The van der Waals surface area contributed by atoms with Gasteiger partial charge in [-0.15, -0.1) is 13.2 Å². The number of alkyl halides is 6. The fourth-order valence-electron chi connectivity index (χ4n) is 1.14. The number of esters is 1. The second-order valence-electron chi connectivity index (χ2n) is 3.20. The van der Waals surface area contributed by atoms with Gasteiger partial charge in [-0.25, -0.2) is 14.2 Å². The summed E-state index contributed by atoms with van der Waals surface area (Å²) in [6, 6.07) is 0. The summed E-state index contributed by atoms with van der Waals surface area (Å²) in [6.07, 6.45) is -10.8. The number of hydrogen-bond acceptors (Lipinski definition) is 4. The third kappa shape index (κ3) is 3.48. The summed E-state index contributed by atoms with van der Waals surface area (Å²) in [6.45, 7) is 0. The topological polar surface area (TPSA) is 48.4 Å². The molecule has 112 valence electrons. The number of carbonyl (C=O) groups is 1. The van der Waals surface area contributed by atoms with E-state index in [4.69, 9.17) is 0 Å². The first-order chi connectivity index (χ1) is 8.97. The van der Waals surface area contributed by atoms with Gasteiger partial charge >= 0.3 is 18.5 Å². The molecule has 0 unspecified atom stereocenters. The Bertz CT molecular complexity index is 523. The van der Waals surface area contributed by atoms with E-state index in [-0.39, 0.29) is 6.20 Å². The molecule has 0 aliphatic carbocycles. The van der Waals surface area contributed by atoms with Crippen LogP contribution in [0, 0.1) is 5.82 Å². The zero-order valence-electron chi connectivity index (χ0n) is 9.40. The van der Waals surface area contributed by atoms with E-state index in [1.807, 2.05) is 0 Å². The predicted octanol–water partition coefficient (Wildman–Crippen LogP) is 2.92. The molecule has 1 aromatic rings. The second-order valence-corrected chi connectivity index (χ2v) is 3.20. The molecule has 0 N–H and O–H groups in total. The third-order valence-electron chi connectivity index (χ3n) is 1.87. The van der Waals surface area contributed by atoms with Crippen molar-refractivity contribution in [3.63, 3.8) is 0 Å². The molecule has 0 saturated heterocycles. The summed E-state index contributed by atoms with van der Waals surface area (Å²) in [5.41, 5.74) is -3.47. The number of hydrogen-bond donors (Lipinski definition) is 0. The Labute approximate surface area is 106 Å². The van der Waals surface area contributed by atoms with Gasteiger partial charge in [0.05, 0.1) is 7.11 Å². The standard InChI is InChI=1S/C9H4F7NO3/c1-19-7(18)3-2-17-6(8(11,12)13)4(10)5(3)20-9(14,15)16/h2H,1H3. The average Bonchev–Trinajstić information content (AvgIpc) is 2.27. The number of nitrogens with zero attached hydrogens (tertiary/aromatic N) is 1. The van der Waals surface area contributed by atoms with Crippen LogP contribution in [0.25, 0.3) is 0 Å². The summed E-state index contributed by atoms with van der Waals surface area (Å²) in [5, 5.41) is 0. The smallest absolute Gasteiger partial charge is 0.465 e. The van der Waals surface area contributed by atoms with Crippen LogP contribution in [0.4, 0.5) is 30.7 Å². The number of aromatic nitrogens is 1. The molecule has 0 radical (unpaired) electrons. The molecule has 1 aromatic heterocycles. The van der Waals surface area contributed by atoms with Crippen LogP contribution in [0.1, 0.15) is 16.1 Å². The number of pyridine rings is 1. The molecule has 0 aliphatic heterocycles. The van der Waals surface area contributed by atoms with E-state index in [2.05, 4.69) is 14.5 Å². The summed E-state index contributed by atoms with van der Waals surface area (Å²) in [7, 11) is 0.731. The maximum Gasteiger partial charge on any atom is 0.573 e. The van der Waals surface area contributed by atoms with Crippen molar-refractivity contribution in [1.82, 2.24) is 4.98 Å². The highest BCUT2D eigenvalue weighted by Crippen LogP contribution is 2.37. The first-order valence-corrected chi connectivity index (χ1v) is 4.57. The Balaban J connectivity index is 3.50.